The normalized spacial score (nSPS) is 15.1. The highest BCUT2D eigenvalue weighted by Crippen LogP contribution is 2.33. The van der Waals surface area contributed by atoms with Crippen LogP contribution >= 0.6 is 11.8 Å². The molecule has 1 aliphatic rings. The number of hydrogen-bond donors (Lipinski definition) is 2. The molecule has 0 fully saturated rings. The third-order valence-corrected chi connectivity index (χ3v) is 7.56. The van der Waals surface area contributed by atoms with E-state index in [9.17, 15) is 26.8 Å². The molecule has 0 saturated heterocycles. The lowest BCUT2D eigenvalue weighted by Gasteiger charge is -2.15. The van der Waals surface area contributed by atoms with Gasteiger partial charge in [0, 0.05) is 29.6 Å². The fourth-order valence-electron chi connectivity index (χ4n) is 2.77. The van der Waals surface area contributed by atoms with Crippen LogP contribution in [-0.2, 0) is 19.4 Å². The summed E-state index contributed by atoms with van der Waals surface area (Å²) in [5, 5.41) is 3.83. The van der Waals surface area contributed by atoms with Crippen LogP contribution in [0.5, 0.6) is 0 Å². The highest BCUT2D eigenvalue weighted by molar-refractivity contribution is 7.99. The Morgan fingerprint density at radius 2 is 2.00 bits per heavy atom. The Balaban J connectivity index is 1.75. The van der Waals surface area contributed by atoms with Gasteiger partial charge in [0.25, 0.3) is 0 Å². The largest absolute Gasteiger partial charge is 0.325 e. The average molecular weight is 440 g/mol. The number of fused-ring (bicyclic) bond motifs is 1. The first kappa shape index (κ1) is 21.3. The third-order valence-electron chi connectivity index (χ3n) is 4.35. The number of rotatable bonds is 5. The second-order valence-corrected chi connectivity index (χ2v) is 10.0. The highest BCUT2D eigenvalue weighted by atomic mass is 32.2. The van der Waals surface area contributed by atoms with Gasteiger partial charge in [-0.05, 0) is 37.3 Å². The van der Waals surface area contributed by atoms with Crippen LogP contribution in [0, 0.1) is 11.6 Å². The number of amides is 2. The minimum Gasteiger partial charge on any atom is -0.325 e. The van der Waals surface area contributed by atoms with E-state index in [1.165, 1.54) is 30.8 Å². The first-order valence-electron chi connectivity index (χ1n) is 8.72. The van der Waals surface area contributed by atoms with Crippen LogP contribution in [0.3, 0.4) is 0 Å². The van der Waals surface area contributed by atoms with Gasteiger partial charge in [-0.25, -0.2) is 17.2 Å². The second-order valence-electron chi connectivity index (χ2n) is 6.54. The van der Waals surface area contributed by atoms with Crippen LogP contribution in [0.1, 0.15) is 19.8 Å². The number of thioether (sulfide) groups is 1. The summed E-state index contributed by atoms with van der Waals surface area (Å²) in [5.74, 6) is -2.05. The number of sulfone groups is 1. The predicted molar refractivity (Wildman–Crippen MR) is 107 cm³/mol. The van der Waals surface area contributed by atoms with Crippen molar-refractivity contribution in [3.63, 3.8) is 0 Å². The van der Waals surface area contributed by atoms with E-state index in [1.807, 2.05) is 0 Å². The zero-order valence-corrected chi connectivity index (χ0v) is 17.0. The molecule has 154 valence electrons. The van der Waals surface area contributed by atoms with Crippen LogP contribution < -0.4 is 10.6 Å². The van der Waals surface area contributed by atoms with Gasteiger partial charge in [-0.3, -0.25) is 9.59 Å². The quantitative estimate of drug-likeness (QED) is 0.741. The van der Waals surface area contributed by atoms with Crippen molar-refractivity contribution in [2.75, 3.05) is 16.4 Å². The Labute approximate surface area is 171 Å². The first-order valence-corrected chi connectivity index (χ1v) is 11.3. The molecule has 10 heteroatoms. The van der Waals surface area contributed by atoms with Gasteiger partial charge in [-0.2, -0.15) is 0 Å². The van der Waals surface area contributed by atoms with Crippen LogP contribution in [0.2, 0.25) is 0 Å². The minimum absolute atomic E-state index is 0.0210. The Hall–Kier alpha value is -2.46. The van der Waals surface area contributed by atoms with Crippen molar-refractivity contribution in [3.8, 4) is 0 Å². The van der Waals surface area contributed by atoms with Gasteiger partial charge in [0.1, 0.15) is 11.6 Å². The molecule has 0 bridgehead atoms. The SMILES string of the molecule is CC(CC(=O)Nc1ccc(F)cc1F)S(=O)(=O)c1ccc2c(c1)NC(=O)CCS2. The highest BCUT2D eigenvalue weighted by Gasteiger charge is 2.27. The van der Waals surface area contributed by atoms with Gasteiger partial charge in [0.2, 0.25) is 11.8 Å². The van der Waals surface area contributed by atoms with Gasteiger partial charge in [-0.1, -0.05) is 0 Å². The van der Waals surface area contributed by atoms with Crippen molar-refractivity contribution in [1.29, 1.82) is 0 Å². The van der Waals surface area contributed by atoms with E-state index in [0.29, 0.717) is 23.9 Å². The molecule has 6 nitrogen and oxygen atoms in total. The van der Waals surface area contributed by atoms with Crippen molar-refractivity contribution in [2.45, 2.75) is 34.8 Å². The maximum absolute atomic E-state index is 13.7. The summed E-state index contributed by atoms with van der Waals surface area (Å²) in [5.41, 5.74) is 0.189. The lowest BCUT2D eigenvalue weighted by molar-refractivity contribution is -0.116. The zero-order valence-electron chi connectivity index (χ0n) is 15.4. The van der Waals surface area contributed by atoms with E-state index >= 15 is 0 Å². The molecule has 0 spiro atoms. The smallest absolute Gasteiger partial charge is 0.225 e. The fourth-order valence-corrected chi connectivity index (χ4v) is 5.08. The monoisotopic (exact) mass is 440 g/mol. The van der Waals surface area contributed by atoms with Gasteiger partial charge in [0.15, 0.2) is 9.84 Å². The van der Waals surface area contributed by atoms with E-state index in [2.05, 4.69) is 10.6 Å². The van der Waals surface area contributed by atoms with Gasteiger partial charge >= 0.3 is 0 Å². The standard InChI is InChI=1S/C19H18F2N2O4S2/c1-11(8-19(25)22-15-4-2-12(20)9-14(15)21)29(26,27)13-3-5-17-16(10-13)23-18(24)6-7-28-17/h2-5,9-11H,6-8H2,1H3,(H,22,25)(H,23,24). The summed E-state index contributed by atoms with van der Waals surface area (Å²) in [7, 11) is -3.88. The molecule has 1 heterocycles. The van der Waals surface area contributed by atoms with Gasteiger partial charge < -0.3 is 10.6 Å². The molecular formula is C19H18F2N2O4S2. The van der Waals surface area contributed by atoms with Crippen molar-refractivity contribution in [2.24, 2.45) is 0 Å². The van der Waals surface area contributed by atoms with E-state index in [4.69, 9.17) is 0 Å². The first-order chi connectivity index (χ1) is 13.7. The van der Waals surface area contributed by atoms with Gasteiger partial charge in [-0.15, -0.1) is 11.8 Å². The van der Waals surface area contributed by atoms with E-state index in [1.54, 1.807) is 6.07 Å². The van der Waals surface area contributed by atoms with E-state index in [0.717, 1.165) is 17.0 Å². The number of nitrogens with one attached hydrogen (secondary N) is 2. The number of halogens is 2. The molecule has 29 heavy (non-hydrogen) atoms. The van der Waals surface area contributed by atoms with Crippen LogP contribution in [-0.4, -0.2) is 31.2 Å². The summed E-state index contributed by atoms with van der Waals surface area (Å²) in [4.78, 5) is 24.6. The van der Waals surface area contributed by atoms with Crippen molar-refractivity contribution in [1.82, 2.24) is 0 Å². The average Bonchev–Trinajstić information content (AvgIpc) is 2.83. The summed E-state index contributed by atoms with van der Waals surface area (Å²) in [6.07, 6.45) is -0.0880. The maximum atomic E-state index is 13.7. The van der Waals surface area contributed by atoms with Crippen LogP contribution in [0.25, 0.3) is 0 Å². The molecule has 1 aliphatic heterocycles. The maximum Gasteiger partial charge on any atom is 0.225 e. The molecule has 2 N–H and O–H groups in total. The van der Waals surface area contributed by atoms with Crippen molar-refractivity contribution in [3.05, 3.63) is 48.0 Å². The number of benzene rings is 2. The number of anilines is 2. The summed E-state index contributed by atoms with van der Waals surface area (Å²) in [6.45, 7) is 1.37. The molecule has 2 aromatic carbocycles. The Bertz CT molecular complexity index is 1070. The minimum atomic E-state index is -3.88. The molecule has 0 radical (unpaired) electrons. The fraction of sp³-hybridized carbons (Fsp3) is 0.263. The molecule has 1 atom stereocenters. The number of carbonyl (C=O) groups is 2. The van der Waals surface area contributed by atoms with E-state index in [-0.39, 0.29) is 16.5 Å². The molecule has 2 aromatic rings. The van der Waals surface area contributed by atoms with Crippen LogP contribution in [0.4, 0.5) is 20.2 Å². The number of carbonyl (C=O) groups excluding carboxylic acids is 2. The third kappa shape index (κ3) is 4.94. The van der Waals surface area contributed by atoms with E-state index < -0.39 is 39.0 Å². The van der Waals surface area contributed by atoms with Crippen molar-refractivity contribution >= 4 is 44.8 Å². The lowest BCUT2D eigenvalue weighted by atomic mass is 10.2. The summed E-state index contributed by atoms with van der Waals surface area (Å²) in [6, 6.07) is 7.12. The second kappa shape index (κ2) is 8.50. The Morgan fingerprint density at radius 1 is 1.24 bits per heavy atom. The zero-order chi connectivity index (χ0) is 21.2. The molecule has 0 saturated carbocycles. The molecular weight excluding hydrogens is 422 g/mol. The summed E-state index contributed by atoms with van der Waals surface area (Å²) < 4.78 is 52.3. The molecule has 0 aliphatic carbocycles. The summed E-state index contributed by atoms with van der Waals surface area (Å²) >= 11 is 1.45. The topological polar surface area (TPSA) is 92.3 Å². The number of hydrogen-bond acceptors (Lipinski definition) is 5. The molecule has 2 amide bonds. The van der Waals surface area contributed by atoms with Crippen LogP contribution in [0.15, 0.2) is 46.2 Å². The predicted octanol–water partition coefficient (Wildman–Crippen LogP) is 3.59. The lowest BCUT2D eigenvalue weighted by Crippen LogP contribution is -2.25. The molecule has 0 aromatic heterocycles. The van der Waals surface area contributed by atoms with Crippen molar-refractivity contribution < 1.29 is 26.8 Å². The Kier molecular flexibility index (Phi) is 6.23. The van der Waals surface area contributed by atoms with Gasteiger partial charge in [0.05, 0.1) is 21.5 Å². The Morgan fingerprint density at radius 3 is 2.72 bits per heavy atom. The molecule has 1 unspecified atom stereocenters. The molecule has 3 rings (SSSR count).